The molecule has 0 bridgehead atoms. The van der Waals surface area contributed by atoms with Crippen molar-refractivity contribution < 1.29 is 14.3 Å². The predicted molar refractivity (Wildman–Crippen MR) is 125 cm³/mol. The first kappa shape index (κ1) is 23.4. The topological polar surface area (TPSA) is 124 Å². The molecule has 1 fully saturated rings. The van der Waals surface area contributed by atoms with Gasteiger partial charge >= 0.3 is 6.09 Å². The highest BCUT2D eigenvalue weighted by Crippen LogP contribution is 2.31. The molecule has 10 nitrogen and oxygen atoms in total. The minimum atomic E-state index is -0.626. The van der Waals surface area contributed by atoms with Crippen LogP contribution in [0.15, 0.2) is 17.1 Å². The molecule has 1 saturated heterocycles. The number of hydrogen-bond acceptors (Lipinski definition) is 8. The van der Waals surface area contributed by atoms with E-state index in [0.717, 1.165) is 24.1 Å². The second kappa shape index (κ2) is 9.22. The van der Waals surface area contributed by atoms with Crippen molar-refractivity contribution in [3.8, 4) is 10.6 Å². The summed E-state index contributed by atoms with van der Waals surface area (Å²) in [5.74, 6) is 0.364. The fourth-order valence-corrected chi connectivity index (χ4v) is 4.59. The van der Waals surface area contributed by atoms with E-state index in [1.165, 1.54) is 11.3 Å². The molecule has 1 unspecified atom stereocenters. The van der Waals surface area contributed by atoms with E-state index < -0.39 is 17.7 Å². The summed E-state index contributed by atoms with van der Waals surface area (Å²) in [5.41, 5.74) is 0.332. The van der Waals surface area contributed by atoms with Gasteiger partial charge in [0.05, 0.1) is 22.6 Å². The first-order valence-corrected chi connectivity index (χ1v) is 12.0. The fourth-order valence-electron chi connectivity index (χ4n) is 3.65. The van der Waals surface area contributed by atoms with E-state index in [-0.39, 0.29) is 17.7 Å². The SMILES string of the molecule is CC(C)[C@H](NC(=O)OC(C)(C)C)c1nc2cc(-c3cnn(C4CCCCO4)n3)sc2c(=O)[nH]1. The Bertz CT molecular complexity index is 1190. The number of thiophene rings is 1. The molecule has 11 heteroatoms. The highest BCUT2D eigenvalue weighted by molar-refractivity contribution is 7.22. The van der Waals surface area contributed by atoms with Crippen LogP contribution in [0, 0.1) is 5.92 Å². The van der Waals surface area contributed by atoms with Gasteiger partial charge in [-0.05, 0) is 52.0 Å². The molecule has 3 aromatic rings. The van der Waals surface area contributed by atoms with Gasteiger partial charge in [-0.2, -0.15) is 9.90 Å². The number of aromatic amines is 1. The number of ether oxygens (including phenoxy) is 2. The molecule has 33 heavy (non-hydrogen) atoms. The van der Waals surface area contributed by atoms with Crippen LogP contribution in [0.4, 0.5) is 4.79 Å². The number of fused-ring (bicyclic) bond motifs is 1. The number of carbonyl (C=O) groups excluding carboxylic acids is 1. The first-order valence-electron chi connectivity index (χ1n) is 11.2. The summed E-state index contributed by atoms with van der Waals surface area (Å²) in [4.78, 5) is 35.1. The minimum absolute atomic E-state index is 0.0217. The van der Waals surface area contributed by atoms with Crippen LogP contribution >= 0.6 is 11.3 Å². The summed E-state index contributed by atoms with van der Waals surface area (Å²) < 4.78 is 11.6. The highest BCUT2D eigenvalue weighted by Gasteiger charge is 2.26. The molecule has 2 atom stereocenters. The van der Waals surface area contributed by atoms with Gasteiger partial charge in [-0.1, -0.05) is 13.8 Å². The number of amides is 1. The largest absolute Gasteiger partial charge is 0.444 e. The van der Waals surface area contributed by atoms with Crippen molar-refractivity contribution in [2.24, 2.45) is 5.92 Å². The molecule has 1 aliphatic rings. The first-order chi connectivity index (χ1) is 15.6. The van der Waals surface area contributed by atoms with Crippen molar-refractivity contribution in [2.45, 2.75) is 71.8 Å². The summed E-state index contributed by atoms with van der Waals surface area (Å²) in [5, 5.41) is 11.8. The number of nitrogens with zero attached hydrogens (tertiary/aromatic N) is 4. The van der Waals surface area contributed by atoms with Crippen molar-refractivity contribution >= 4 is 27.6 Å². The van der Waals surface area contributed by atoms with Gasteiger partial charge in [-0.15, -0.1) is 16.4 Å². The fraction of sp³-hybridized carbons (Fsp3) is 0.591. The van der Waals surface area contributed by atoms with Crippen LogP contribution in [0.2, 0.25) is 0 Å². The lowest BCUT2D eigenvalue weighted by Gasteiger charge is -2.25. The maximum atomic E-state index is 12.8. The van der Waals surface area contributed by atoms with Crippen molar-refractivity contribution in [1.29, 1.82) is 0 Å². The molecular formula is C22H30N6O4S. The van der Waals surface area contributed by atoms with E-state index in [1.54, 1.807) is 31.8 Å². The van der Waals surface area contributed by atoms with E-state index in [1.807, 2.05) is 19.9 Å². The standard InChI is InChI=1S/C22H30N6O4S/c1-12(2)17(25-21(30)32-22(3,4)5)19-24-13-10-15(33-18(13)20(29)26-19)14-11-23-28(27-14)16-8-6-7-9-31-16/h10-12,16-17H,6-9H2,1-5H3,(H,25,30)(H,24,26,29)/t16?,17-/m0/s1. The van der Waals surface area contributed by atoms with Crippen molar-refractivity contribution in [2.75, 3.05) is 6.61 Å². The van der Waals surface area contributed by atoms with E-state index in [2.05, 4.69) is 25.5 Å². The zero-order valence-electron chi connectivity index (χ0n) is 19.5. The monoisotopic (exact) mass is 474 g/mol. The number of H-pyrrole nitrogens is 1. The molecule has 0 aromatic carbocycles. The van der Waals surface area contributed by atoms with E-state index in [0.29, 0.717) is 28.3 Å². The molecule has 178 valence electrons. The minimum Gasteiger partial charge on any atom is -0.444 e. The zero-order valence-corrected chi connectivity index (χ0v) is 20.4. The lowest BCUT2D eigenvalue weighted by molar-refractivity contribution is -0.0479. The van der Waals surface area contributed by atoms with Gasteiger partial charge in [-0.25, -0.2) is 9.78 Å². The Morgan fingerprint density at radius 2 is 2.15 bits per heavy atom. The lowest BCUT2D eigenvalue weighted by Crippen LogP contribution is -2.38. The van der Waals surface area contributed by atoms with Gasteiger partial charge in [0.25, 0.3) is 5.56 Å². The summed E-state index contributed by atoms with van der Waals surface area (Å²) in [6, 6.07) is 1.32. The molecule has 0 radical (unpaired) electrons. The third-order valence-corrected chi connectivity index (χ3v) is 6.35. The van der Waals surface area contributed by atoms with E-state index in [4.69, 9.17) is 9.47 Å². The molecule has 1 amide bonds. The zero-order chi connectivity index (χ0) is 23.8. The number of alkyl carbamates (subject to hydrolysis) is 1. The molecule has 4 heterocycles. The van der Waals surface area contributed by atoms with Gasteiger partial charge in [0.1, 0.15) is 21.8 Å². The van der Waals surface area contributed by atoms with Crippen LogP contribution in [0.1, 0.15) is 72.0 Å². The van der Waals surface area contributed by atoms with Crippen LogP contribution in [-0.2, 0) is 9.47 Å². The molecule has 1 aliphatic heterocycles. The maximum absolute atomic E-state index is 12.8. The Balaban J connectivity index is 1.61. The average molecular weight is 475 g/mol. The molecule has 0 saturated carbocycles. The van der Waals surface area contributed by atoms with Crippen LogP contribution in [0.5, 0.6) is 0 Å². The van der Waals surface area contributed by atoms with E-state index in [9.17, 15) is 9.59 Å². The van der Waals surface area contributed by atoms with Gasteiger partial charge < -0.3 is 19.8 Å². The lowest BCUT2D eigenvalue weighted by atomic mass is 10.0. The molecular weight excluding hydrogens is 444 g/mol. The van der Waals surface area contributed by atoms with Crippen LogP contribution in [0.25, 0.3) is 20.8 Å². The van der Waals surface area contributed by atoms with Crippen molar-refractivity contribution in [1.82, 2.24) is 30.3 Å². The normalized spacial score (nSPS) is 17.9. The molecule has 0 spiro atoms. The third kappa shape index (κ3) is 5.41. The predicted octanol–water partition coefficient (Wildman–Crippen LogP) is 4.16. The molecule has 0 aliphatic carbocycles. The third-order valence-electron chi connectivity index (χ3n) is 5.21. The Morgan fingerprint density at radius 1 is 1.36 bits per heavy atom. The van der Waals surface area contributed by atoms with E-state index >= 15 is 0 Å². The van der Waals surface area contributed by atoms with Gasteiger partial charge in [0.15, 0.2) is 6.23 Å². The highest BCUT2D eigenvalue weighted by atomic mass is 32.1. The number of nitrogens with one attached hydrogen (secondary N) is 2. The Morgan fingerprint density at radius 3 is 2.82 bits per heavy atom. The van der Waals surface area contributed by atoms with Gasteiger partial charge in [0.2, 0.25) is 0 Å². The van der Waals surface area contributed by atoms with Crippen LogP contribution in [0.3, 0.4) is 0 Å². The average Bonchev–Trinajstić information content (AvgIpc) is 3.38. The number of rotatable bonds is 5. The second-order valence-electron chi connectivity index (χ2n) is 9.52. The molecule has 2 N–H and O–H groups in total. The quantitative estimate of drug-likeness (QED) is 0.569. The smallest absolute Gasteiger partial charge is 0.408 e. The number of carbonyl (C=O) groups is 1. The Labute approximate surface area is 195 Å². The Kier molecular flexibility index (Phi) is 6.53. The van der Waals surface area contributed by atoms with Gasteiger partial charge in [-0.3, -0.25) is 4.79 Å². The number of aromatic nitrogens is 5. The van der Waals surface area contributed by atoms with Crippen LogP contribution in [-0.4, -0.2) is 43.3 Å². The Hall–Kier alpha value is -2.79. The summed E-state index contributed by atoms with van der Waals surface area (Å²) in [7, 11) is 0. The van der Waals surface area contributed by atoms with Crippen LogP contribution < -0.4 is 10.9 Å². The number of hydrogen-bond donors (Lipinski definition) is 2. The molecule has 3 aromatic heterocycles. The van der Waals surface area contributed by atoms with Gasteiger partial charge in [0, 0.05) is 6.61 Å². The summed E-state index contributed by atoms with van der Waals surface area (Å²) in [6.45, 7) is 9.99. The summed E-state index contributed by atoms with van der Waals surface area (Å²) in [6.07, 6.45) is 3.99. The maximum Gasteiger partial charge on any atom is 0.408 e. The van der Waals surface area contributed by atoms with Crippen molar-refractivity contribution in [3.05, 3.63) is 28.4 Å². The summed E-state index contributed by atoms with van der Waals surface area (Å²) >= 11 is 1.31. The van der Waals surface area contributed by atoms with Crippen molar-refractivity contribution in [3.63, 3.8) is 0 Å². The second-order valence-corrected chi connectivity index (χ2v) is 10.6. The molecule has 4 rings (SSSR count).